The van der Waals surface area contributed by atoms with Gasteiger partial charge in [0.2, 0.25) is 5.85 Å². The van der Waals surface area contributed by atoms with E-state index in [1.165, 1.54) is 14.0 Å². The number of urea groups is 1. The number of halogens is 2. The lowest BCUT2D eigenvalue weighted by atomic mass is 9.82. The number of aliphatic hydroxyl groups is 3. The molecule has 0 bridgehead atoms. The van der Waals surface area contributed by atoms with E-state index in [9.17, 15) is 23.8 Å². The lowest BCUT2D eigenvalue weighted by Gasteiger charge is -2.46. The van der Waals surface area contributed by atoms with Gasteiger partial charge in [-0.3, -0.25) is 0 Å². The largest absolute Gasteiger partial charge is 0.497 e. The van der Waals surface area contributed by atoms with Crippen LogP contribution in [0.4, 0.5) is 13.6 Å². The van der Waals surface area contributed by atoms with Gasteiger partial charge < -0.3 is 35.4 Å². The van der Waals surface area contributed by atoms with E-state index in [0.717, 1.165) is 12.5 Å². The van der Waals surface area contributed by atoms with E-state index in [1.807, 2.05) is 0 Å². The van der Waals surface area contributed by atoms with Gasteiger partial charge in [0.1, 0.15) is 18.0 Å². The third kappa shape index (κ3) is 5.53. The van der Waals surface area contributed by atoms with Gasteiger partial charge in [0, 0.05) is 12.5 Å². The molecule has 164 valence electrons. The summed E-state index contributed by atoms with van der Waals surface area (Å²) in [6.07, 6.45) is -6.81. The Hall–Kier alpha value is -2.01. The number of hydrogen-bond donors (Lipinski definition) is 5. The molecule has 0 aliphatic carbocycles. The average Bonchev–Trinajstić information content (AvgIpc) is 2.71. The van der Waals surface area contributed by atoms with Crippen LogP contribution in [0.15, 0.2) is 24.3 Å². The first-order valence-corrected chi connectivity index (χ1v) is 9.25. The summed E-state index contributed by atoms with van der Waals surface area (Å²) >= 11 is 0. The number of benzene rings is 1. The SMILES string of the molecule is COc1ccc(CNC(=O)N[C@H]2C(F)C(C)(F)O[C@@H]([C@H](O)[C@H](O)CO)[C@@H]2C)cc1. The van der Waals surface area contributed by atoms with E-state index >= 15 is 0 Å². The van der Waals surface area contributed by atoms with Gasteiger partial charge in [-0.15, -0.1) is 0 Å². The minimum atomic E-state index is -2.80. The van der Waals surface area contributed by atoms with E-state index in [0.29, 0.717) is 5.75 Å². The van der Waals surface area contributed by atoms with Gasteiger partial charge in [-0.05, 0) is 24.6 Å². The molecule has 2 unspecified atom stereocenters. The summed E-state index contributed by atoms with van der Waals surface area (Å²) < 4.78 is 39.3. The van der Waals surface area contributed by atoms with Crippen LogP contribution in [0.3, 0.4) is 0 Å². The highest BCUT2D eigenvalue weighted by Crippen LogP contribution is 2.37. The number of carbonyl (C=O) groups excluding carboxylic acids is 1. The third-order valence-corrected chi connectivity index (χ3v) is 5.09. The molecule has 0 radical (unpaired) electrons. The van der Waals surface area contributed by atoms with Crippen LogP contribution in [-0.2, 0) is 11.3 Å². The zero-order chi connectivity index (χ0) is 21.8. The minimum Gasteiger partial charge on any atom is -0.497 e. The summed E-state index contributed by atoms with van der Waals surface area (Å²) in [4.78, 5) is 12.2. The van der Waals surface area contributed by atoms with Gasteiger partial charge >= 0.3 is 6.03 Å². The van der Waals surface area contributed by atoms with Crippen molar-refractivity contribution >= 4 is 6.03 Å². The number of nitrogens with one attached hydrogen (secondary N) is 2. The van der Waals surface area contributed by atoms with E-state index in [2.05, 4.69) is 10.6 Å². The van der Waals surface area contributed by atoms with E-state index in [4.69, 9.17) is 14.6 Å². The normalized spacial score (nSPS) is 31.6. The van der Waals surface area contributed by atoms with Gasteiger partial charge in [0.25, 0.3) is 0 Å². The molecular weight excluding hydrogens is 390 g/mol. The van der Waals surface area contributed by atoms with Crippen molar-refractivity contribution in [3.8, 4) is 5.75 Å². The smallest absolute Gasteiger partial charge is 0.315 e. The summed E-state index contributed by atoms with van der Waals surface area (Å²) in [6.45, 7) is 1.66. The predicted molar refractivity (Wildman–Crippen MR) is 99.7 cm³/mol. The Kier molecular flexibility index (Phi) is 7.75. The number of methoxy groups -OCH3 is 1. The molecule has 0 spiro atoms. The molecule has 1 aliphatic rings. The molecule has 1 heterocycles. The van der Waals surface area contributed by atoms with Gasteiger partial charge in [-0.25, -0.2) is 13.6 Å². The molecule has 8 nitrogen and oxygen atoms in total. The zero-order valence-electron chi connectivity index (χ0n) is 16.5. The molecule has 2 amide bonds. The Morgan fingerprint density at radius 1 is 1.34 bits per heavy atom. The van der Waals surface area contributed by atoms with Crippen molar-refractivity contribution in [3.05, 3.63) is 29.8 Å². The fraction of sp³-hybridized carbons (Fsp3) is 0.632. The van der Waals surface area contributed by atoms with Crippen LogP contribution >= 0.6 is 0 Å². The number of carbonyl (C=O) groups is 1. The van der Waals surface area contributed by atoms with Crippen LogP contribution in [0.2, 0.25) is 0 Å². The van der Waals surface area contributed by atoms with Gasteiger partial charge in [0.15, 0.2) is 6.17 Å². The summed E-state index contributed by atoms with van der Waals surface area (Å²) in [5.41, 5.74) is 0.771. The first-order valence-electron chi connectivity index (χ1n) is 9.25. The standard InChI is InChI=1S/C19H28F2N2O6/c1-10-14(17(20)19(2,21)29-16(10)15(26)13(25)9-24)23-18(27)22-8-11-4-6-12(28-3)7-5-11/h4-7,10,13-17,24-26H,8-9H2,1-3H3,(H2,22,23,27)/t10-,13-,14-,15-,16-,17?,19?/m1/s1. The molecule has 2 rings (SSSR count). The Balaban J connectivity index is 2.04. The lowest BCUT2D eigenvalue weighted by molar-refractivity contribution is -0.280. The van der Waals surface area contributed by atoms with Crippen molar-refractivity contribution in [1.29, 1.82) is 0 Å². The molecule has 0 saturated carbocycles. The van der Waals surface area contributed by atoms with Gasteiger partial charge in [-0.2, -0.15) is 0 Å². The molecule has 1 saturated heterocycles. The summed E-state index contributed by atoms with van der Waals surface area (Å²) in [5, 5.41) is 33.7. The number of rotatable bonds is 7. The molecule has 5 N–H and O–H groups in total. The van der Waals surface area contributed by atoms with Crippen LogP contribution in [0, 0.1) is 5.92 Å². The summed E-state index contributed by atoms with van der Waals surface area (Å²) in [7, 11) is 1.53. The van der Waals surface area contributed by atoms with Crippen LogP contribution < -0.4 is 15.4 Å². The van der Waals surface area contributed by atoms with Crippen molar-refractivity contribution in [2.75, 3.05) is 13.7 Å². The topological polar surface area (TPSA) is 120 Å². The van der Waals surface area contributed by atoms with Gasteiger partial charge in [0.05, 0.1) is 25.9 Å². The molecule has 29 heavy (non-hydrogen) atoms. The molecule has 1 aromatic carbocycles. The Morgan fingerprint density at radius 2 is 1.97 bits per heavy atom. The van der Waals surface area contributed by atoms with Crippen molar-refractivity contribution in [2.45, 2.75) is 56.8 Å². The Morgan fingerprint density at radius 3 is 2.52 bits per heavy atom. The number of aliphatic hydroxyl groups excluding tert-OH is 3. The van der Waals surface area contributed by atoms with Gasteiger partial charge in [-0.1, -0.05) is 19.1 Å². The predicted octanol–water partition coefficient (Wildman–Crippen LogP) is 0.636. The van der Waals surface area contributed by atoms with Crippen molar-refractivity contribution in [3.63, 3.8) is 0 Å². The molecule has 7 atom stereocenters. The molecule has 1 aliphatic heterocycles. The molecule has 0 aromatic heterocycles. The van der Waals surface area contributed by atoms with Crippen LogP contribution in [0.1, 0.15) is 19.4 Å². The highest BCUT2D eigenvalue weighted by atomic mass is 19.2. The van der Waals surface area contributed by atoms with E-state index < -0.39 is 54.9 Å². The number of amides is 2. The van der Waals surface area contributed by atoms with Crippen molar-refractivity contribution < 1.29 is 38.4 Å². The minimum absolute atomic E-state index is 0.145. The summed E-state index contributed by atoms with van der Waals surface area (Å²) in [5.74, 6) is -3.04. The maximum atomic E-state index is 14.7. The first kappa shape index (κ1) is 23.3. The second-order valence-corrected chi connectivity index (χ2v) is 7.27. The second-order valence-electron chi connectivity index (χ2n) is 7.27. The maximum absolute atomic E-state index is 14.7. The highest BCUT2D eigenvalue weighted by Gasteiger charge is 2.54. The first-order chi connectivity index (χ1) is 13.6. The second kappa shape index (κ2) is 9.66. The molecular formula is C19H28F2N2O6. The Labute approximate surface area is 167 Å². The number of hydrogen-bond acceptors (Lipinski definition) is 6. The monoisotopic (exact) mass is 418 g/mol. The molecule has 1 fully saturated rings. The maximum Gasteiger partial charge on any atom is 0.315 e. The van der Waals surface area contributed by atoms with E-state index in [1.54, 1.807) is 24.3 Å². The average molecular weight is 418 g/mol. The number of ether oxygens (including phenoxy) is 2. The van der Waals surface area contributed by atoms with Crippen LogP contribution in [0.5, 0.6) is 5.75 Å². The zero-order valence-corrected chi connectivity index (χ0v) is 16.5. The summed E-state index contributed by atoms with van der Waals surface area (Å²) in [6, 6.07) is 4.87. The van der Waals surface area contributed by atoms with Crippen LogP contribution in [-0.4, -0.2) is 71.4 Å². The lowest BCUT2D eigenvalue weighted by Crippen LogP contribution is -2.66. The van der Waals surface area contributed by atoms with Crippen LogP contribution in [0.25, 0.3) is 0 Å². The third-order valence-electron chi connectivity index (χ3n) is 5.09. The van der Waals surface area contributed by atoms with Crippen molar-refractivity contribution in [1.82, 2.24) is 10.6 Å². The molecule has 10 heteroatoms. The fourth-order valence-electron chi connectivity index (χ4n) is 3.27. The van der Waals surface area contributed by atoms with Crippen molar-refractivity contribution in [2.24, 2.45) is 5.92 Å². The number of alkyl halides is 2. The fourth-order valence-corrected chi connectivity index (χ4v) is 3.27. The molecule has 1 aromatic rings. The Bertz CT molecular complexity index is 675. The quantitative estimate of drug-likeness (QED) is 0.443. The van der Waals surface area contributed by atoms with E-state index in [-0.39, 0.29) is 6.54 Å². The highest BCUT2D eigenvalue weighted by molar-refractivity contribution is 5.74.